The molecule has 110 valence electrons. The van der Waals surface area contributed by atoms with E-state index in [0.717, 1.165) is 42.8 Å². The lowest BCUT2D eigenvalue weighted by molar-refractivity contribution is 0.0695. The van der Waals surface area contributed by atoms with Crippen LogP contribution in [0.1, 0.15) is 52.3 Å². The Hall–Kier alpha value is -2.24. The molecule has 0 unspecified atom stereocenters. The maximum Gasteiger partial charge on any atom is 0.339 e. The lowest BCUT2D eigenvalue weighted by Gasteiger charge is -2.11. The first kappa shape index (κ1) is 13.7. The lowest BCUT2D eigenvalue weighted by Crippen LogP contribution is -2.10. The highest BCUT2D eigenvalue weighted by Gasteiger charge is 2.22. The molecule has 0 saturated carbocycles. The Labute approximate surface area is 122 Å². The zero-order valence-corrected chi connectivity index (χ0v) is 12.3. The van der Waals surface area contributed by atoms with Gasteiger partial charge in [-0.15, -0.1) is 0 Å². The molecule has 0 aliphatic heterocycles. The minimum atomic E-state index is -0.948. The first-order valence-electron chi connectivity index (χ1n) is 7.22. The van der Waals surface area contributed by atoms with Gasteiger partial charge in [-0.1, -0.05) is 6.42 Å². The predicted molar refractivity (Wildman–Crippen MR) is 76.8 cm³/mol. The normalized spacial score (nSPS) is 14.6. The van der Waals surface area contributed by atoms with Crippen molar-refractivity contribution in [3.8, 4) is 5.82 Å². The molecule has 0 fully saturated rings. The zero-order valence-electron chi connectivity index (χ0n) is 12.3. The van der Waals surface area contributed by atoms with E-state index in [4.69, 9.17) is 0 Å². The fourth-order valence-electron chi connectivity index (χ4n) is 3.02. The molecule has 0 spiro atoms. The molecule has 0 amide bonds. The van der Waals surface area contributed by atoms with Crippen molar-refractivity contribution in [2.75, 3.05) is 0 Å². The average molecular weight is 286 g/mol. The van der Waals surface area contributed by atoms with E-state index in [2.05, 4.69) is 15.1 Å². The van der Waals surface area contributed by atoms with Gasteiger partial charge >= 0.3 is 5.97 Å². The highest BCUT2D eigenvalue weighted by molar-refractivity contribution is 5.90. The molecule has 0 aromatic carbocycles. The van der Waals surface area contributed by atoms with Gasteiger partial charge in [0.25, 0.3) is 0 Å². The van der Waals surface area contributed by atoms with Gasteiger partial charge in [0.15, 0.2) is 5.82 Å². The molecule has 3 rings (SSSR count). The van der Waals surface area contributed by atoms with Crippen molar-refractivity contribution in [3.63, 3.8) is 0 Å². The van der Waals surface area contributed by atoms with Crippen LogP contribution in [0, 0.1) is 13.8 Å². The van der Waals surface area contributed by atoms with Crippen LogP contribution in [0.25, 0.3) is 5.82 Å². The number of aryl methyl sites for hydroxylation is 2. The number of nitrogens with zero attached hydrogens (tertiary/aromatic N) is 4. The standard InChI is InChI=1S/C15H18N4O2/c1-9-13(15(20)21)10(2)19(18-9)14-11-6-4-3-5-7-12(11)16-8-17-14/h8H,3-7H2,1-2H3,(H,20,21). The van der Waals surface area contributed by atoms with Gasteiger partial charge < -0.3 is 5.11 Å². The molecule has 2 aromatic heterocycles. The monoisotopic (exact) mass is 286 g/mol. The van der Waals surface area contributed by atoms with E-state index in [9.17, 15) is 9.90 Å². The van der Waals surface area contributed by atoms with E-state index in [1.54, 1.807) is 24.9 Å². The number of aromatic carboxylic acids is 1. The van der Waals surface area contributed by atoms with Crippen molar-refractivity contribution < 1.29 is 9.90 Å². The molecule has 2 heterocycles. The fraction of sp³-hybridized carbons (Fsp3) is 0.467. The Balaban J connectivity index is 2.18. The molecular formula is C15H18N4O2. The second-order valence-electron chi connectivity index (χ2n) is 5.45. The van der Waals surface area contributed by atoms with Crippen molar-refractivity contribution in [2.24, 2.45) is 0 Å². The molecule has 1 aliphatic rings. The van der Waals surface area contributed by atoms with Gasteiger partial charge in [0.05, 0.1) is 11.4 Å². The first-order chi connectivity index (χ1) is 10.1. The van der Waals surface area contributed by atoms with Gasteiger partial charge in [0, 0.05) is 11.3 Å². The maximum absolute atomic E-state index is 11.3. The summed E-state index contributed by atoms with van der Waals surface area (Å²) in [6.07, 6.45) is 6.87. The Morgan fingerprint density at radius 3 is 2.67 bits per heavy atom. The van der Waals surface area contributed by atoms with Gasteiger partial charge in [-0.2, -0.15) is 5.10 Å². The first-order valence-corrected chi connectivity index (χ1v) is 7.22. The molecule has 0 bridgehead atoms. The topological polar surface area (TPSA) is 80.9 Å². The van der Waals surface area contributed by atoms with Crippen LogP contribution in [-0.2, 0) is 12.8 Å². The Morgan fingerprint density at radius 1 is 1.19 bits per heavy atom. The number of carbonyl (C=O) groups is 1. The highest BCUT2D eigenvalue weighted by atomic mass is 16.4. The highest BCUT2D eigenvalue weighted by Crippen LogP contribution is 2.25. The summed E-state index contributed by atoms with van der Waals surface area (Å²) >= 11 is 0. The molecule has 1 aliphatic carbocycles. The number of hydrogen-bond acceptors (Lipinski definition) is 4. The van der Waals surface area contributed by atoms with Crippen LogP contribution >= 0.6 is 0 Å². The summed E-state index contributed by atoms with van der Waals surface area (Å²) in [6.45, 7) is 3.49. The molecule has 0 atom stereocenters. The molecule has 21 heavy (non-hydrogen) atoms. The number of hydrogen-bond donors (Lipinski definition) is 1. The van der Waals surface area contributed by atoms with Crippen molar-refractivity contribution >= 4 is 5.97 Å². The van der Waals surface area contributed by atoms with E-state index in [1.165, 1.54) is 6.42 Å². The Bertz CT molecular complexity index is 706. The third-order valence-corrected chi connectivity index (χ3v) is 4.06. The number of fused-ring (bicyclic) bond motifs is 1. The summed E-state index contributed by atoms with van der Waals surface area (Å²) in [7, 11) is 0. The van der Waals surface area contributed by atoms with E-state index < -0.39 is 5.97 Å². The minimum absolute atomic E-state index is 0.260. The number of carboxylic acids is 1. The summed E-state index contributed by atoms with van der Waals surface area (Å²) in [5.74, 6) is -0.216. The molecule has 2 aromatic rings. The second-order valence-corrected chi connectivity index (χ2v) is 5.45. The van der Waals surface area contributed by atoms with Crippen LogP contribution in [-0.4, -0.2) is 30.8 Å². The quantitative estimate of drug-likeness (QED) is 0.856. The van der Waals surface area contributed by atoms with E-state index in [0.29, 0.717) is 11.4 Å². The molecular weight excluding hydrogens is 268 g/mol. The van der Waals surface area contributed by atoms with Crippen LogP contribution in [0.15, 0.2) is 6.33 Å². The summed E-state index contributed by atoms with van der Waals surface area (Å²) in [6, 6.07) is 0. The van der Waals surface area contributed by atoms with Gasteiger partial charge in [-0.25, -0.2) is 19.4 Å². The average Bonchev–Trinajstić information content (AvgIpc) is 2.64. The molecule has 6 heteroatoms. The largest absolute Gasteiger partial charge is 0.478 e. The third kappa shape index (κ3) is 2.30. The molecule has 0 radical (unpaired) electrons. The van der Waals surface area contributed by atoms with E-state index in [-0.39, 0.29) is 5.56 Å². The third-order valence-electron chi connectivity index (χ3n) is 4.06. The number of aromatic nitrogens is 4. The van der Waals surface area contributed by atoms with Crippen LogP contribution in [0.4, 0.5) is 0 Å². The minimum Gasteiger partial charge on any atom is -0.478 e. The summed E-state index contributed by atoms with van der Waals surface area (Å²) < 4.78 is 1.66. The van der Waals surface area contributed by atoms with Gasteiger partial charge in [0.1, 0.15) is 11.9 Å². The molecule has 6 nitrogen and oxygen atoms in total. The Kier molecular flexibility index (Phi) is 3.45. The smallest absolute Gasteiger partial charge is 0.339 e. The van der Waals surface area contributed by atoms with Gasteiger partial charge in [0.2, 0.25) is 0 Å². The van der Waals surface area contributed by atoms with Gasteiger partial charge in [-0.05, 0) is 39.5 Å². The number of carboxylic acid groups (broad SMARTS) is 1. The molecule has 1 N–H and O–H groups in total. The summed E-state index contributed by atoms with van der Waals surface area (Å²) in [5.41, 5.74) is 3.57. The predicted octanol–water partition coefficient (Wildman–Crippen LogP) is 2.25. The summed E-state index contributed by atoms with van der Waals surface area (Å²) in [5, 5.41) is 13.7. The van der Waals surface area contributed by atoms with Crippen molar-refractivity contribution in [2.45, 2.75) is 46.0 Å². The second kappa shape index (κ2) is 5.27. The van der Waals surface area contributed by atoms with E-state index >= 15 is 0 Å². The van der Waals surface area contributed by atoms with Crippen LogP contribution in [0.2, 0.25) is 0 Å². The van der Waals surface area contributed by atoms with Crippen molar-refractivity contribution in [3.05, 3.63) is 34.5 Å². The van der Waals surface area contributed by atoms with Crippen molar-refractivity contribution in [1.82, 2.24) is 19.7 Å². The SMILES string of the molecule is Cc1nn(-c2ncnc3c2CCCCC3)c(C)c1C(=O)O. The lowest BCUT2D eigenvalue weighted by atomic mass is 10.1. The number of rotatable bonds is 2. The van der Waals surface area contributed by atoms with Crippen LogP contribution in [0.5, 0.6) is 0 Å². The molecule has 0 saturated heterocycles. The van der Waals surface area contributed by atoms with Crippen molar-refractivity contribution in [1.29, 1.82) is 0 Å². The van der Waals surface area contributed by atoms with E-state index in [1.807, 2.05) is 0 Å². The van der Waals surface area contributed by atoms with Crippen LogP contribution in [0.3, 0.4) is 0 Å². The summed E-state index contributed by atoms with van der Waals surface area (Å²) in [4.78, 5) is 20.1. The Morgan fingerprint density at radius 2 is 1.95 bits per heavy atom. The zero-order chi connectivity index (χ0) is 15.0. The fourth-order valence-corrected chi connectivity index (χ4v) is 3.02. The van der Waals surface area contributed by atoms with Gasteiger partial charge in [-0.3, -0.25) is 0 Å². The maximum atomic E-state index is 11.3. The van der Waals surface area contributed by atoms with Crippen LogP contribution < -0.4 is 0 Å².